The molecule has 4 aliphatic carbocycles. The second kappa shape index (κ2) is 10.1. The number of rotatable bonds is 7. The first-order valence-electron chi connectivity index (χ1n) is 14.7. The van der Waals surface area contributed by atoms with Crippen LogP contribution in [0.4, 0.5) is 0 Å². The van der Waals surface area contributed by atoms with Crippen LogP contribution in [0.2, 0.25) is 0 Å². The molecule has 0 radical (unpaired) electrons. The zero-order chi connectivity index (χ0) is 26.5. The molecule has 0 bridgehead atoms. The Morgan fingerprint density at radius 2 is 1.61 bits per heavy atom. The lowest BCUT2D eigenvalue weighted by Crippen LogP contribution is -2.57. The largest absolute Gasteiger partial charge is 0.460 e. The summed E-state index contributed by atoms with van der Waals surface area (Å²) >= 11 is 0. The predicted octanol–water partition coefficient (Wildman–Crippen LogP) is 6.90. The van der Waals surface area contributed by atoms with Crippen LogP contribution in [-0.4, -0.2) is 29.4 Å². The second-order valence-electron chi connectivity index (χ2n) is 14.0. The van der Waals surface area contributed by atoms with Crippen molar-refractivity contribution >= 4 is 17.7 Å². The lowest BCUT2D eigenvalue weighted by Gasteiger charge is -2.60. The number of ketones is 1. The summed E-state index contributed by atoms with van der Waals surface area (Å²) in [5, 5.41) is 0. The van der Waals surface area contributed by atoms with E-state index in [2.05, 4.69) is 20.8 Å². The molecular formula is C31H50O5. The number of fused-ring (bicyclic) bond motifs is 5. The van der Waals surface area contributed by atoms with Gasteiger partial charge in [-0.2, -0.15) is 0 Å². The van der Waals surface area contributed by atoms with Gasteiger partial charge in [0.2, 0.25) is 0 Å². The SMILES string of the molecule is CC(=O)O[C@H]1CC[C@@]2(C)[C@@H](CC[C@@H]3[C@@H]2CC[C@]2(C)[C@@H]([C@H](C)CCCC(C)(C)OC(C)=O)CC[C@@H]32)C1=O. The molecule has 0 aromatic carbocycles. The first kappa shape index (κ1) is 27.6. The number of hydrogen-bond acceptors (Lipinski definition) is 5. The van der Waals surface area contributed by atoms with E-state index in [1.807, 2.05) is 13.8 Å². The third kappa shape index (κ3) is 5.01. The molecule has 36 heavy (non-hydrogen) atoms. The highest BCUT2D eigenvalue weighted by Crippen LogP contribution is 2.68. The Labute approximate surface area is 218 Å². The Bertz CT molecular complexity index is 863. The average molecular weight is 503 g/mol. The minimum atomic E-state index is -0.520. The molecule has 9 atom stereocenters. The van der Waals surface area contributed by atoms with Gasteiger partial charge in [0.15, 0.2) is 11.9 Å². The van der Waals surface area contributed by atoms with Gasteiger partial charge in [-0.3, -0.25) is 14.4 Å². The van der Waals surface area contributed by atoms with Crippen LogP contribution in [0.3, 0.4) is 0 Å². The molecule has 0 amide bonds. The molecule has 0 heterocycles. The maximum Gasteiger partial charge on any atom is 0.303 e. The zero-order valence-corrected chi connectivity index (χ0v) is 23.9. The average Bonchev–Trinajstić information content (AvgIpc) is 3.12. The molecule has 5 nitrogen and oxygen atoms in total. The third-order valence-corrected chi connectivity index (χ3v) is 11.4. The predicted molar refractivity (Wildman–Crippen MR) is 140 cm³/mol. The zero-order valence-electron chi connectivity index (χ0n) is 23.9. The van der Waals surface area contributed by atoms with E-state index >= 15 is 0 Å². The second-order valence-corrected chi connectivity index (χ2v) is 14.0. The van der Waals surface area contributed by atoms with Gasteiger partial charge in [-0.25, -0.2) is 0 Å². The Hall–Kier alpha value is -1.39. The van der Waals surface area contributed by atoms with Gasteiger partial charge in [0, 0.05) is 19.8 Å². The standard InChI is InChI=1S/C31H50O5/c1-19(9-8-16-29(4,5)36-21(3)33)23-12-13-24-22-10-11-26-28(34)27(35-20(2)32)15-18-31(26,7)25(22)14-17-30(23,24)6/h19,22-27H,8-18H2,1-7H3/t19-,22+,23-,24+,25+,26+,27+,30-,31-/m1/s1. The minimum Gasteiger partial charge on any atom is -0.460 e. The number of carbonyl (C=O) groups excluding carboxylic acids is 3. The molecule has 4 rings (SSSR count). The number of esters is 2. The van der Waals surface area contributed by atoms with Crippen LogP contribution < -0.4 is 0 Å². The lowest BCUT2D eigenvalue weighted by atomic mass is 9.44. The van der Waals surface area contributed by atoms with Crippen molar-refractivity contribution in [3.8, 4) is 0 Å². The topological polar surface area (TPSA) is 69.7 Å². The molecule has 0 unspecified atom stereocenters. The van der Waals surface area contributed by atoms with Gasteiger partial charge in [-0.15, -0.1) is 0 Å². The molecular weight excluding hydrogens is 452 g/mol. The summed E-state index contributed by atoms with van der Waals surface area (Å²) in [5.74, 6) is 3.27. The Balaban J connectivity index is 1.41. The van der Waals surface area contributed by atoms with Crippen LogP contribution in [0.15, 0.2) is 0 Å². The van der Waals surface area contributed by atoms with E-state index in [1.54, 1.807) is 0 Å². The number of hydrogen-bond donors (Lipinski definition) is 0. The van der Waals surface area contributed by atoms with Gasteiger partial charge in [0.05, 0.1) is 0 Å². The highest BCUT2D eigenvalue weighted by atomic mass is 16.6. The fourth-order valence-electron chi connectivity index (χ4n) is 9.88. The molecule has 4 aliphatic rings. The van der Waals surface area contributed by atoms with Crippen molar-refractivity contribution in [2.24, 2.45) is 46.3 Å². The van der Waals surface area contributed by atoms with Crippen molar-refractivity contribution in [3.63, 3.8) is 0 Å². The normalized spacial score (nSPS) is 41.0. The molecule has 0 aliphatic heterocycles. The van der Waals surface area contributed by atoms with E-state index in [0.29, 0.717) is 23.7 Å². The lowest BCUT2D eigenvalue weighted by molar-refractivity contribution is -0.172. The quantitative estimate of drug-likeness (QED) is 0.354. The van der Waals surface area contributed by atoms with Gasteiger partial charge in [-0.1, -0.05) is 27.2 Å². The summed E-state index contributed by atoms with van der Waals surface area (Å²) in [5.41, 5.74) is 0.0732. The van der Waals surface area contributed by atoms with E-state index in [0.717, 1.165) is 49.9 Å². The molecule has 5 heteroatoms. The summed E-state index contributed by atoms with van der Waals surface area (Å²) in [4.78, 5) is 36.3. The molecule has 0 saturated heterocycles. The Morgan fingerprint density at radius 1 is 0.944 bits per heavy atom. The Kier molecular flexibility index (Phi) is 7.72. The van der Waals surface area contributed by atoms with E-state index < -0.39 is 6.10 Å². The van der Waals surface area contributed by atoms with E-state index in [9.17, 15) is 14.4 Å². The van der Waals surface area contributed by atoms with E-state index in [4.69, 9.17) is 9.47 Å². The summed E-state index contributed by atoms with van der Waals surface area (Å²) in [6, 6.07) is 0. The third-order valence-electron chi connectivity index (χ3n) is 11.4. The van der Waals surface area contributed by atoms with Gasteiger partial charge >= 0.3 is 11.9 Å². The molecule has 204 valence electrons. The smallest absolute Gasteiger partial charge is 0.303 e. The highest BCUT2D eigenvalue weighted by Gasteiger charge is 2.62. The van der Waals surface area contributed by atoms with Gasteiger partial charge in [0.1, 0.15) is 5.60 Å². The number of Topliss-reactive ketones (excluding diaryl/α,β-unsaturated/α-hetero) is 1. The number of ether oxygens (including phenoxy) is 2. The summed E-state index contributed by atoms with van der Waals surface area (Å²) in [7, 11) is 0. The first-order chi connectivity index (χ1) is 16.8. The van der Waals surface area contributed by atoms with Crippen molar-refractivity contribution < 1.29 is 23.9 Å². The van der Waals surface area contributed by atoms with E-state index in [1.165, 1.54) is 46.0 Å². The molecule has 0 spiro atoms. The summed E-state index contributed by atoms with van der Waals surface area (Å²) in [6.07, 6.45) is 11.7. The Morgan fingerprint density at radius 3 is 2.28 bits per heavy atom. The van der Waals surface area contributed by atoms with Crippen LogP contribution in [0.5, 0.6) is 0 Å². The van der Waals surface area contributed by atoms with Crippen LogP contribution in [0, 0.1) is 46.3 Å². The van der Waals surface area contributed by atoms with Crippen LogP contribution in [0.1, 0.15) is 119 Å². The van der Waals surface area contributed by atoms with Crippen LogP contribution >= 0.6 is 0 Å². The fraction of sp³-hybridized carbons (Fsp3) is 0.903. The van der Waals surface area contributed by atoms with Gasteiger partial charge in [-0.05, 0) is 118 Å². The van der Waals surface area contributed by atoms with Crippen molar-refractivity contribution in [3.05, 3.63) is 0 Å². The number of carbonyl (C=O) groups is 3. The monoisotopic (exact) mass is 502 g/mol. The molecule has 4 saturated carbocycles. The van der Waals surface area contributed by atoms with Crippen LogP contribution in [0.25, 0.3) is 0 Å². The molecule has 4 fully saturated rings. The van der Waals surface area contributed by atoms with Crippen molar-refractivity contribution in [1.29, 1.82) is 0 Å². The molecule has 0 aromatic heterocycles. The van der Waals surface area contributed by atoms with Crippen molar-refractivity contribution in [2.75, 3.05) is 0 Å². The minimum absolute atomic E-state index is 0.0536. The molecule has 0 N–H and O–H groups in total. The fourth-order valence-corrected chi connectivity index (χ4v) is 9.88. The van der Waals surface area contributed by atoms with E-state index in [-0.39, 0.29) is 34.7 Å². The summed E-state index contributed by atoms with van der Waals surface area (Å²) < 4.78 is 10.9. The maximum absolute atomic E-state index is 13.3. The van der Waals surface area contributed by atoms with Crippen molar-refractivity contribution in [2.45, 2.75) is 131 Å². The maximum atomic E-state index is 13.3. The highest BCUT2D eigenvalue weighted by molar-refractivity contribution is 5.89. The van der Waals surface area contributed by atoms with Crippen LogP contribution in [-0.2, 0) is 23.9 Å². The van der Waals surface area contributed by atoms with Gasteiger partial charge < -0.3 is 9.47 Å². The van der Waals surface area contributed by atoms with Crippen molar-refractivity contribution in [1.82, 2.24) is 0 Å². The van der Waals surface area contributed by atoms with Gasteiger partial charge in [0.25, 0.3) is 0 Å². The summed E-state index contributed by atoms with van der Waals surface area (Å²) in [6.45, 7) is 14.4. The molecule has 0 aromatic rings. The first-order valence-corrected chi connectivity index (χ1v) is 14.7.